The molecule has 0 aliphatic carbocycles. The van der Waals surface area contributed by atoms with Crippen LogP contribution in [0, 0.1) is 13.8 Å². The summed E-state index contributed by atoms with van der Waals surface area (Å²) in [6, 6.07) is 13.1. The number of benzene rings is 1. The Hall–Kier alpha value is -3.15. The molecule has 3 rings (SSSR count). The van der Waals surface area contributed by atoms with E-state index in [-0.39, 0.29) is 11.5 Å². The molecule has 25 heavy (non-hydrogen) atoms. The first-order valence-corrected chi connectivity index (χ1v) is 8.08. The van der Waals surface area contributed by atoms with Gasteiger partial charge in [0.1, 0.15) is 0 Å². The van der Waals surface area contributed by atoms with E-state index in [0.717, 1.165) is 16.8 Å². The molecule has 0 unspecified atom stereocenters. The minimum absolute atomic E-state index is 0.163. The van der Waals surface area contributed by atoms with Crippen LogP contribution in [0.25, 0.3) is 0 Å². The zero-order valence-corrected chi connectivity index (χ0v) is 14.2. The molecule has 1 amide bonds. The molecule has 128 valence electrons. The van der Waals surface area contributed by atoms with E-state index in [0.29, 0.717) is 24.3 Å². The SMILES string of the molecule is Cc1nn(Cc2ccccc2)c(C)c1C(=O)NCc1ccc(=O)[nH]c1. The second-order valence-corrected chi connectivity index (χ2v) is 5.93. The van der Waals surface area contributed by atoms with Crippen molar-refractivity contribution >= 4 is 5.91 Å². The molecule has 0 saturated heterocycles. The first-order valence-electron chi connectivity index (χ1n) is 8.08. The number of aromatic amines is 1. The fourth-order valence-corrected chi connectivity index (χ4v) is 2.76. The summed E-state index contributed by atoms with van der Waals surface area (Å²) < 4.78 is 1.85. The molecule has 0 bridgehead atoms. The molecule has 2 aromatic heterocycles. The van der Waals surface area contributed by atoms with Crippen LogP contribution in [0.2, 0.25) is 0 Å². The summed E-state index contributed by atoms with van der Waals surface area (Å²) in [5.41, 5.74) is 3.94. The fourth-order valence-electron chi connectivity index (χ4n) is 2.76. The van der Waals surface area contributed by atoms with Gasteiger partial charge in [0.15, 0.2) is 0 Å². The Labute approximate surface area is 145 Å². The number of amides is 1. The highest BCUT2D eigenvalue weighted by Crippen LogP contribution is 2.15. The van der Waals surface area contributed by atoms with Crippen molar-refractivity contribution in [1.82, 2.24) is 20.1 Å². The lowest BCUT2D eigenvalue weighted by Crippen LogP contribution is -2.24. The molecule has 0 fully saturated rings. The van der Waals surface area contributed by atoms with E-state index in [1.54, 1.807) is 12.3 Å². The molecule has 1 aromatic carbocycles. The third-order valence-electron chi connectivity index (χ3n) is 4.09. The Balaban J connectivity index is 1.74. The maximum Gasteiger partial charge on any atom is 0.255 e. The molecule has 0 aliphatic rings. The number of aromatic nitrogens is 3. The molecule has 0 atom stereocenters. The van der Waals surface area contributed by atoms with Crippen LogP contribution in [0.3, 0.4) is 0 Å². The van der Waals surface area contributed by atoms with Crippen LogP contribution in [-0.4, -0.2) is 20.7 Å². The average molecular weight is 336 g/mol. The molecule has 0 saturated carbocycles. The Bertz CT molecular complexity index is 921. The van der Waals surface area contributed by atoms with Gasteiger partial charge < -0.3 is 10.3 Å². The van der Waals surface area contributed by atoms with Crippen molar-refractivity contribution in [1.29, 1.82) is 0 Å². The molecular formula is C19H20N4O2. The highest BCUT2D eigenvalue weighted by molar-refractivity contribution is 5.96. The maximum absolute atomic E-state index is 12.6. The second kappa shape index (κ2) is 7.17. The number of rotatable bonds is 5. The number of carbonyl (C=O) groups excluding carboxylic acids is 1. The van der Waals surface area contributed by atoms with Crippen molar-refractivity contribution in [2.45, 2.75) is 26.9 Å². The standard InChI is InChI=1S/C19H20N4O2/c1-13-18(19(25)21-11-16-8-9-17(24)20-10-16)14(2)23(22-13)12-15-6-4-3-5-7-15/h3-10H,11-12H2,1-2H3,(H,20,24)(H,21,25). The van der Waals surface area contributed by atoms with Gasteiger partial charge in [-0.25, -0.2) is 0 Å². The van der Waals surface area contributed by atoms with Crippen molar-refractivity contribution in [2.24, 2.45) is 0 Å². The molecule has 0 radical (unpaired) electrons. The van der Waals surface area contributed by atoms with E-state index in [1.165, 1.54) is 6.07 Å². The predicted octanol–water partition coefficient (Wildman–Crippen LogP) is 2.17. The molecule has 3 aromatic rings. The summed E-state index contributed by atoms with van der Waals surface area (Å²) in [4.78, 5) is 26.2. The number of H-pyrrole nitrogens is 1. The van der Waals surface area contributed by atoms with E-state index < -0.39 is 0 Å². The molecule has 2 N–H and O–H groups in total. The number of hydrogen-bond donors (Lipinski definition) is 2. The maximum atomic E-state index is 12.6. The van der Waals surface area contributed by atoms with Crippen LogP contribution in [0.15, 0.2) is 53.5 Å². The lowest BCUT2D eigenvalue weighted by Gasteiger charge is -2.07. The lowest BCUT2D eigenvalue weighted by atomic mass is 10.1. The van der Waals surface area contributed by atoms with Crippen molar-refractivity contribution in [3.63, 3.8) is 0 Å². The molecule has 0 spiro atoms. The van der Waals surface area contributed by atoms with E-state index in [4.69, 9.17) is 0 Å². The molecule has 6 heteroatoms. The third kappa shape index (κ3) is 3.85. The first kappa shape index (κ1) is 16.7. The van der Waals surface area contributed by atoms with Gasteiger partial charge in [-0.1, -0.05) is 36.4 Å². The normalized spacial score (nSPS) is 10.6. The van der Waals surface area contributed by atoms with Crippen molar-refractivity contribution in [3.8, 4) is 0 Å². The van der Waals surface area contributed by atoms with Gasteiger partial charge in [0.05, 0.1) is 17.8 Å². The minimum Gasteiger partial charge on any atom is -0.348 e. The van der Waals surface area contributed by atoms with Crippen LogP contribution in [0.1, 0.15) is 32.9 Å². The van der Waals surface area contributed by atoms with Gasteiger partial charge in [0, 0.05) is 24.5 Å². The highest BCUT2D eigenvalue weighted by Gasteiger charge is 2.18. The average Bonchev–Trinajstić information content (AvgIpc) is 2.89. The fraction of sp³-hybridized carbons (Fsp3) is 0.211. The van der Waals surface area contributed by atoms with Gasteiger partial charge in [-0.2, -0.15) is 5.10 Å². The van der Waals surface area contributed by atoms with Gasteiger partial charge in [-0.3, -0.25) is 14.3 Å². The van der Waals surface area contributed by atoms with E-state index in [1.807, 2.05) is 48.9 Å². The van der Waals surface area contributed by atoms with Crippen LogP contribution in [-0.2, 0) is 13.1 Å². The molecule has 2 heterocycles. The summed E-state index contributed by atoms with van der Waals surface area (Å²) in [6.45, 7) is 4.71. The lowest BCUT2D eigenvalue weighted by molar-refractivity contribution is 0.0949. The van der Waals surface area contributed by atoms with Crippen LogP contribution in [0.4, 0.5) is 0 Å². The number of aryl methyl sites for hydroxylation is 1. The number of nitrogens with zero attached hydrogens (tertiary/aromatic N) is 2. The predicted molar refractivity (Wildman–Crippen MR) is 95.5 cm³/mol. The Morgan fingerprint density at radius 3 is 2.56 bits per heavy atom. The van der Waals surface area contributed by atoms with Gasteiger partial charge in [-0.15, -0.1) is 0 Å². The van der Waals surface area contributed by atoms with Crippen LogP contribution in [0.5, 0.6) is 0 Å². The molecule has 6 nitrogen and oxygen atoms in total. The van der Waals surface area contributed by atoms with Crippen LogP contribution >= 0.6 is 0 Å². The zero-order valence-electron chi connectivity index (χ0n) is 14.2. The number of carbonyl (C=O) groups is 1. The van der Waals surface area contributed by atoms with Crippen LogP contribution < -0.4 is 10.9 Å². The first-order chi connectivity index (χ1) is 12.0. The smallest absolute Gasteiger partial charge is 0.255 e. The van der Waals surface area contributed by atoms with E-state index >= 15 is 0 Å². The monoisotopic (exact) mass is 336 g/mol. The summed E-state index contributed by atoms with van der Waals surface area (Å²) in [5.74, 6) is -0.166. The van der Waals surface area contributed by atoms with E-state index in [9.17, 15) is 9.59 Å². The molecular weight excluding hydrogens is 316 g/mol. The number of pyridine rings is 1. The largest absolute Gasteiger partial charge is 0.348 e. The summed E-state index contributed by atoms with van der Waals surface area (Å²) in [7, 11) is 0. The Morgan fingerprint density at radius 1 is 1.12 bits per heavy atom. The third-order valence-corrected chi connectivity index (χ3v) is 4.09. The Kier molecular flexibility index (Phi) is 4.79. The Morgan fingerprint density at radius 2 is 1.88 bits per heavy atom. The highest BCUT2D eigenvalue weighted by atomic mass is 16.1. The van der Waals surface area contributed by atoms with Gasteiger partial charge in [0.25, 0.3) is 5.91 Å². The number of hydrogen-bond acceptors (Lipinski definition) is 3. The zero-order chi connectivity index (χ0) is 17.8. The summed E-state index contributed by atoms with van der Waals surface area (Å²) in [5, 5.41) is 7.38. The summed E-state index contributed by atoms with van der Waals surface area (Å²) in [6.07, 6.45) is 1.60. The molecule has 0 aliphatic heterocycles. The van der Waals surface area contributed by atoms with Gasteiger partial charge >= 0.3 is 0 Å². The second-order valence-electron chi connectivity index (χ2n) is 5.93. The quantitative estimate of drug-likeness (QED) is 0.749. The van der Waals surface area contributed by atoms with E-state index in [2.05, 4.69) is 15.4 Å². The minimum atomic E-state index is -0.166. The van der Waals surface area contributed by atoms with Gasteiger partial charge in [0.2, 0.25) is 5.56 Å². The topological polar surface area (TPSA) is 79.8 Å². The van der Waals surface area contributed by atoms with Crippen molar-refractivity contribution < 1.29 is 4.79 Å². The van der Waals surface area contributed by atoms with Crippen molar-refractivity contribution in [3.05, 3.63) is 87.1 Å². The number of nitrogens with one attached hydrogen (secondary N) is 2. The van der Waals surface area contributed by atoms with Gasteiger partial charge in [-0.05, 0) is 25.0 Å². The van der Waals surface area contributed by atoms with Crippen molar-refractivity contribution in [2.75, 3.05) is 0 Å². The summed E-state index contributed by atoms with van der Waals surface area (Å²) >= 11 is 0.